The highest BCUT2D eigenvalue weighted by atomic mass is 16.7. The molecule has 0 fully saturated rings. The molecule has 1 aromatic rings. The Hall–Kier alpha value is -1.26. The maximum absolute atomic E-state index is 5.56. The molecule has 0 bridgehead atoms. The van der Waals surface area contributed by atoms with Crippen molar-refractivity contribution >= 4 is 0 Å². The highest BCUT2D eigenvalue weighted by Gasteiger charge is 2.19. The standard InChI is InChI=1S/C12H17NO3/c1-13-6-5-9-3-4-11(14-2)10-7-15-8-16-12(9)10/h3-4,13H,5-8H2,1-2H3. The third-order valence-corrected chi connectivity index (χ3v) is 2.70. The van der Waals surface area contributed by atoms with Gasteiger partial charge in [-0.15, -0.1) is 0 Å². The molecule has 0 aliphatic carbocycles. The summed E-state index contributed by atoms with van der Waals surface area (Å²) in [6.07, 6.45) is 0.947. The Morgan fingerprint density at radius 3 is 3.06 bits per heavy atom. The van der Waals surface area contributed by atoms with Gasteiger partial charge in [0.25, 0.3) is 0 Å². The summed E-state index contributed by atoms with van der Waals surface area (Å²) in [6, 6.07) is 4.03. The molecule has 0 amide bonds. The lowest BCUT2D eigenvalue weighted by atomic mass is 10.0. The molecule has 16 heavy (non-hydrogen) atoms. The zero-order chi connectivity index (χ0) is 11.4. The maximum atomic E-state index is 5.56. The van der Waals surface area contributed by atoms with E-state index < -0.39 is 0 Å². The van der Waals surface area contributed by atoms with E-state index in [0.717, 1.165) is 30.0 Å². The number of rotatable bonds is 4. The molecule has 0 radical (unpaired) electrons. The second-order valence-corrected chi connectivity index (χ2v) is 3.70. The summed E-state index contributed by atoms with van der Waals surface area (Å²) in [5.41, 5.74) is 2.22. The molecular weight excluding hydrogens is 206 g/mol. The van der Waals surface area contributed by atoms with Crippen LogP contribution < -0.4 is 14.8 Å². The monoisotopic (exact) mass is 223 g/mol. The van der Waals surface area contributed by atoms with Crippen LogP contribution in [0.25, 0.3) is 0 Å². The van der Waals surface area contributed by atoms with Crippen LogP contribution in [0.2, 0.25) is 0 Å². The molecule has 0 saturated carbocycles. The molecule has 2 rings (SSSR count). The topological polar surface area (TPSA) is 39.7 Å². The molecule has 0 unspecified atom stereocenters. The molecule has 1 aliphatic rings. The van der Waals surface area contributed by atoms with Crippen molar-refractivity contribution in [2.75, 3.05) is 27.5 Å². The van der Waals surface area contributed by atoms with Crippen molar-refractivity contribution in [3.8, 4) is 11.5 Å². The highest BCUT2D eigenvalue weighted by molar-refractivity contribution is 5.50. The fourth-order valence-electron chi connectivity index (χ4n) is 1.87. The smallest absolute Gasteiger partial charge is 0.189 e. The van der Waals surface area contributed by atoms with Crippen LogP contribution in [-0.4, -0.2) is 27.5 Å². The first-order valence-electron chi connectivity index (χ1n) is 5.40. The first kappa shape index (κ1) is 11.2. The van der Waals surface area contributed by atoms with E-state index in [1.54, 1.807) is 7.11 Å². The second-order valence-electron chi connectivity index (χ2n) is 3.70. The molecular formula is C12H17NO3. The lowest BCUT2D eigenvalue weighted by Crippen LogP contribution is -2.16. The SMILES string of the molecule is CNCCc1ccc(OC)c2c1OCOC2. The molecule has 4 heteroatoms. The Morgan fingerprint density at radius 1 is 1.44 bits per heavy atom. The van der Waals surface area contributed by atoms with Gasteiger partial charge in [0, 0.05) is 0 Å². The van der Waals surface area contributed by atoms with Gasteiger partial charge >= 0.3 is 0 Å². The van der Waals surface area contributed by atoms with Gasteiger partial charge in [0.05, 0.1) is 19.3 Å². The maximum Gasteiger partial charge on any atom is 0.189 e. The number of ether oxygens (including phenoxy) is 3. The molecule has 88 valence electrons. The van der Waals surface area contributed by atoms with E-state index in [4.69, 9.17) is 14.2 Å². The number of hydrogen-bond acceptors (Lipinski definition) is 4. The van der Waals surface area contributed by atoms with Gasteiger partial charge in [-0.2, -0.15) is 0 Å². The van der Waals surface area contributed by atoms with Crippen LogP contribution in [0.3, 0.4) is 0 Å². The Bertz CT molecular complexity index is 366. The Morgan fingerprint density at radius 2 is 2.31 bits per heavy atom. The molecule has 1 aliphatic heterocycles. The van der Waals surface area contributed by atoms with Gasteiger partial charge in [-0.3, -0.25) is 0 Å². The summed E-state index contributed by atoms with van der Waals surface area (Å²) in [5.74, 6) is 1.77. The van der Waals surface area contributed by atoms with E-state index in [2.05, 4.69) is 11.4 Å². The minimum Gasteiger partial charge on any atom is -0.496 e. The van der Waals surface area contributed by atoms with E-state index in [-0.39, 0.29) is 0 Å². The van der Waals surface area contributed by atoms with Gasteiger partial charge < -0.3 is 19.5 Å². The third-order valence-electron chi connectivity index (χ3n) is 2.70. The van der Waals surface area contributed by atoms with Crippen molar-refractivity contribution < 1.29 is 14.2 Å². The fourth-order valence-corrected chi connectivity index (χ4v) is 1.87. The molecule has 0 aromatic heterocycles. The summed E-state index contributed by atoms with van der Waals surface area (Å²) in [4.78, 5) is 0. The largest absolute Gasteiger partial charge is 0.496 e. The highest BCUT2D eigenvalue weighted by Crippen LogP contribution is 2.35. The molecule has 0 atom stereocenters. The lowest BCUT2D eigenvalue weighted by molar-refractivity contribution is -0.0181. The van der Waals surface area contributed by atoms with Crippen molar-refractivity contribution in [1.29, 1.82) is 0 Å². The Balaban J connectivity index is 2.32. The first-order valence-corrected chi connectivity index (χ1v) is 5.40. The Labute approximate surface area is 95.5 Å². The van der Waals surface area contributed by atoms with E-state index in [9.17, 15) is 0 Å². The summed E-state index contributed by atoms with van der Waals surface area (Å²) in [6.45, 7) is 1.82. The van der Waals surface area contributed by atoms with E-state index >= 15 is 0 Å². The van der Waals surface area contributed by atoms with Crippen molar-refractivity contribution in [2.45, 2.75) is 13.0 Å². The quantitative estimate of drug-likeness (QED) is 0.835. The number of hydrogen-bond donors (Lipinski definition) is 1. The molecule has 1 N–H and O–H groups in total. The Kier molecular flexibility index (Phi) is 3.64. The molecule has 0 spiro atoms. The molecule has 0 saturated heterocycles. The zero-order valence-electron chi connectivity index (χ0n) is 9.71. The van der Waals surface area contributed by atoms with Gasteiger partial charge in [0.1, 0.15) is 11.5 Å². The van der Waals surface area contributed by atoms with Crippen molar-refractivity contribution in [2.24, 2.45) is 0 Å². The summed E-state index contributed by atoms with van der Waals surface area (Å²) < 4.78 is 16.1. The van der Waals surface area contributed by atoms with Gasteiger partial charge in [-0.25, -0.2) is 0 Å². The van der Waals surface area contributed by atoms with Crippen LogP contribution >= 0.6 is 0 Å². The van der Waals surface area contributed by atoms with Crippen molar-refractivity contribution in [3.05, 3.63) is 23.3 Å². The van der Waals surface area contributed by atoms with Crippen molar-refractivity contribution in [3.63, 3.8) is 0 Å². The van der Waals surface area contributed by atoms with Gasteiger partial charge in [-0.05, 0) is 31.6 Å². The van der Waals surface area contributed by atoms with E-state index in [1.165, 1.54) is 5.56 Å². The van der Waals surface area contributed by atoms with Gasteiger partial charge in [-0.1, -0.05) is 6.07 Å². The summed E-state index contributed by atoms with van der Waals surface area (Å²) in [7, 11) is 3.61. The van der Waals surface area contributed by atoms with Crippen molar-refractivity contribution in [1.82, 2.24) is 5.32 Å². The normalized spacial score (nSPS) is 14.1. The van der Waals surface area contributed by atoms with Gasteiger partial charge in [0.2, 0.25) is 0 Å². The van der Waals surface area contributed by atoms with Crippen LogP contribution in [0, 0.1) is 0 Å². The predicted molar refractivity (Wildman–Crippen MR) is 60.9 cm³/mol. The van der Waals surface area contributed by atoms with E-state index in [0.29, 0.717) is 13.4 Å². The average molecular weight is 223 g/mol. The second kappa shape index (κ2) is 5.18. The zero-order valence-corrected chi connectivity index (χ0v) is 9.71. The first-order chi connectivity index (χ1) is 7.86. The number of benzene rings is 1. The third kappa shape index (κ3) is 2.13. The number of nitrogens with one attached hydrogen (secondary N) is 1. The number of likely N-dealkylation sites (N-methyl/N-ethyl adjacent to an activating group) is 1. The van der Waals surface area contributed by atoms with Crippen LogP contribution in [0.5, 0.6) is 11.5 Å². The minimum absolute atomic E-state index is 0.326. The number of fused-ring (bicyclic) bond motifs is 1. The van der Waals surface area contributed by atoms with Crippen LogP contribution in [0.1, 0.15) is 11.1 Å². The fraction of sp³-hybridized carbons (Fsp3) is 0.500. The summed E-state index contributed by atoms with van der Waals surface area (Å²) in [5, 5.41) is 3.13. The van der Waals surface area contributed by atoms with Crippen LogP contribution in [-0.2, 0) is 17.8 Å². The van der Waals surface area contributed by atoms with Gasteiger partial charge in [0.15, 0.2) is 6.79 Å². The van der Waals surface area contributed by atoms with Crippen LogP contribution in [0.15, 0.2) is 12.1 Å². The summed E-state index contributed by atoms with van der Waals surface area (Å²) >= 11 is 0. The van der Waals surface area contributed by atoms with Crippen LogP contribution in [0.4, 0.5) is 0 Å². The molecule has 1 heterocycles. The average Bonchev–Trinajstić information content (AvgIpc) is 2.36. The lowest BCUT2D eigenvalue weighted by Gasteiger charge is -2.22. The number of methoxy groups -OCH3 is 1. The van der Waals surface area contributed by atoms with E-state index in [1.807, 2.05) is 13.1 Å². The predicted octanol–water partition coefficient (Wildman–Crippen LogP) is 1.32. The minimum atomic E-state index is 0.326. The molecule has 1 aromatic carbocycles. The molecule has 4 nitrogen and oxygen atoms in total.